The summed E-state index contributed by atoms with van der Waals surface area (Å²) in [5.41, 5.74) is 3.65. The maximum absolute atomic E-state index is 10.5. The zero-order valence-corrected chi connectivity index (χ0v) is 15.0. The Morgan fingerprint density at radius 3 is 1.88 bits per heavy atom. The number of rotatable bonds is 6. The van der Waals surface area contributed by atoms with Crippen molar-refractivity contribution < 1.29 is 9.76 Å². The quantitative estimate of drug-likeness (QED) is 0.668. The molecule has 0 bridgehead atoms. The molecule has 0 atom stereocenters. The second-order valence-corrected chi connectivity index (χ2v) is 6.70. The monoisotopic (exact) mass is 370 g/mol. The van der Waals surface area contributed by atoms with Gasteiger partial charge in [0.25, 0.3) is 0 Å². The van der Waals surface area contributed by atoms with Crippen LogP contribution in [0.2, 0.25) is 10.0 Å². The lowest BCUT2D eigenvalue weighted by molar-refractivity contribution is 0.107. The van der Waals surface area contributed by atoms with Crippen LogP contribution in [-0.4, -0.2) is 11.9 Å². The maximum atomic E-state index is 10.5. The number of ether oxygens (including phenoxy) is 1. The van der Waals surface area contributed by atoms with Gasteiger partial charge in [0.05, 0.1) is 13.2 Å². The second kappa shape index (κ2) is 8.55. The van der Waals surface area contributed by atoms with Gasteiger partial charge in [-0.3, -0.25) is 0 Å². The SMILES string of the molecule is OB(c1ccc(COCc2ccccc2)cc1)c1cc(Cl)cc(Cl)c1. The van der Waals surface area contributed by atoms with E-state index in [4.69, 9.17) is 27.9 Å². The smallest absolute Gasteiger partial charge is 0.359 e. The Kier molecular flexibility index (Phi) is 6.16. The van der Waals surface area contributed by atoms with Crippen molar-refractivity contribution in [2.24, 2.45) is 0 Å². The number of benzene rings is 3. The van der Waals surface area contributed by atoms with Gasteiger partial charge in [-0.05, 0) is 40.3 Å². The molecule has 0 spiro atoms. The van der Waals surface area contributed by atoms with E-state index in [2.05, 4.69) is 0 Å². The molecule has 3 aromatic rings. The number of halogens is 2. The summed E-state index contributed by atoms with van der Waals surface area (Å²) in [5, 5.41) is 11.5. The highest BCUT2D eigenvalue weighted by Crippen LogP contribution is 2.14. The first-order valence-corrected chi connectivity index (χ1v) is 8.72. The Hall–Kier alpha value is -1.78. The lowest BCUT2D eigenvalue weighted by Crippen LogP contribution is -2.42. The molecule has 0 radical (unpaired) electrons. The predicted octanol–water partition coefficient (Wildman–Crippen LogP) is 3.81. The standard InChI is InChI=1S/C20H17BCl2O2/c22-19-10-18(11-20(23)12-19)21(24)17-8-6-16(7-9-17)14-25-13-15-4-2-1-3-5-15/h1-12,24H,13-14H2. The van der Waals surface area contributed by atoms with Crippen molar-refractivity contribution in [1.82, 2.24) is 0 Å². The van der Waals surface area contributed by atoms with Crippen molar-refractivity contribution in [3.63, 3.8) is 0 Å². The molecule has 0 unspecified atom stereocenters. The largest absolute Gasteiger partial charge is 0.443 e. The molecule has 3 aromatic carbocycles. The highest BCUT2D eigenvalue weighted by molar-refractivity contribution is 6.79. The fraction of sp³-hybridized carbons (Fsp3) is 0.100. The van der Waals surface area contributed by atoms with Gasteiger partial charge < -0.3 is 9.76 Å². The number of hydrogen-bond donors (Lipinski definition) is 1. The predicted molar refractivity (Wildman–Crippen MR) is 105 cm³/mol. The van der Waals surface area contributed by atoms with Gasteiger partial charge >= 0.3 is 6.92 Å². The highest BCUT2D eigenvalue weighted by Gasteiger charge is 2.18. The first-order valence-electron chi connectivity index (χ1n) is 7.96. The van der Waals surface area contributed by atoms with Gasteiger partial charge in [0, 0.05) is 10.0 Å². The van der Waals surface area contributed by atoms with E-state index >= 15 is 0 Å². The topological polar surface area (TPSA) is 29.5 Å². The van der Waals surface area contributed by atoms with Crippen LogP contribution in [0.3, 0.4) is 0 Å². The molecule has 126 valence electrons. The average Bonchev–Trinajstić information content (AvgIpc) is 2.62. The summed E-state index contributed by atoms with van der Waals surface area (Å²) in [6, 6.07) is 22.8. The van der Waals surface area contributed by atoms with E-state index in [0.29, 0.717) is 28.7 Å². The van der Waals surface area contributed by atoms with Crippen LogP contribution < -0.4 is 10.9 Å². The van der Waals surface area contributed by atoms with Crippen LogP contribution in [0.15, 0.2) is 72.8 Å². The van der Waals surface area contributed by atoms with Crippen molar-refractivity contribution in [3.05, 3.63) is 94.0 Å². The fourth-order valence-electron chi connectivity index (χ4n) is 2.58. The van der Waals surface area contributed by atoms with E-state index < -0.39 is 6.92 Å². The molecule has 5 heteroatoms. The van der Waals surface area contributed by atoms with Crippen molar-refractivity contribution in [2.75, 3.05) is 0 Å². The van der Waals surface area contributed by atoms with E-state index in [1.807, 2.05) is 54.6 Å². The van der Waals surface area contributed by atoms with Crippen LogP contribution in [0.25, 0.3) is 0 Å². The Morgan fingerprint density at radius 2 is 1.28 bits per heavy atom. The van der Waals surface area contributed by atoms with Crippen molar-refractivity contribution in [1.29, 1.82) is 0 Å². The van der Waals surface area contributed by atoms with Gasteiger partial charge in [-0.25, -0.2) is 0 Å². The summed E-state index contributed by atoms with van der Waals surface area (Å²) in [4.78, 5) is 0. The average molecular weight is 371 g/mol. The van der Waals surface area contributed by atoms with Gasteiger partial charge in [0.15, 0.2) is 0 Å². The normalized spacial score (nSPS) is 10.7. The maximum Gasteiger partial charge on any atom is 0.359 e. The molecule has 0 saturated heterocycles. The van der Waals surface area contributed by atoms with Crippen molar-refractivity contribution in [2.45, 2.75) is 13.2 Å². The van der Waals surface area contributed by atoms with E-state index in [-0.39, 0.29) is 0 Å². The third-order valence-corrected chi connectivity index (χ3v) is 4.31. The molecule has 0 heterocycles. The van der Waals surface area contributed by atoms with E-state index in [1.165, 1.54) is 0 Å². The molecule has 0 saturated carbocycles. The van der Waals surface area contributed by atoms with Crippen LogP contribution >= 0.6 is 23.2 Å². The highest BCUT2D eigenvalue weighted by atomic mass is 35.5. The Morgan fingerprint density at radius 1 is 0.720 bits per heavy atom. The van der Waals surface area contributed by atoms with Crippen LogP contribution in [0.5, 0.6) is 0 Å². The molecule has 0 amide bonds. The third kappa shape index (κ3) is 5.10. The minimum absolute atomic E-state index is 0.507. The molecular weight excluding hydrogens is 354 g/mol. The molecule has 0 aliphatic heterocycles. The summed E-state index contributed by atoms with van der Waals surface area (Å²) in [7, 11) is 0. The molecule has 25 heavy (non-hydrogen) atoms. The summed E-state index contributed by atoms with van der Waals surface area (Å²) < 4.78 is 5.72. The Labute approximate surface area is 158 Å². The van der Waals surface area contributed by atoms with Crippen molar-refractivity contribution in [3.8, 4) is 0 Å². The van der Waals surface area contributed by atoms with Crippen LogP contribution in [0, 0.1) is 0 Å². The summed E-state index contributed by atoms with van der Waals surface area (Å²) in [6.07, 6.45) is 0. The minimum Gasteiger partial charge on any atom is -0.443 e. The van der Waals surface area contributed by atoms with Gasteiger partial charge in [0.2, 0.25) is 0 Å². The summed E-state index contributed by atoms with van der Waals surface area (Å²) in [5.74, 6) is 0. The molecule has 3 rings (SSSR count). The first-order chi connectivity index (χ1) is 12.1. The lowest BCUT2D eigenvalue weighted by Gasteiger charge is -2.10. The molecule has 0 aliphatic rings. The van der Waals surface area contributed by atoms with Gasteiger partial charge in [-0.15, -0.1) is 0 Å². The van der Waals surface area contributed by atoms with Gasteiger partial charge in [0.1, 0.15) is 0 Å². The minimum atomic E-state index is -0.768. The van der Waals surface area contributed by atoms with E-state index in [0.717, 1.165) is 16.6 Å². The fourth-order valence-corrected chi connectivity index (χ4v) is 3.13. The lowest BCUT2D eigenvalue weighted by atomic mass is 9.56. The molecule has 1 N–H and O–H groups in total. The summed E-state index contributed by atoms with van der Waals surface area (Å²) >= 11 is 12.0. The zero-order chi connectivity index (χ0) is 17.6. The molecule has 2 nitrogen and oxygen atoms in total. The molecule has 0 aromatic heterocycles. The Bertz CT molecular complexity index is 803. The number of hydrogen-bond acceptors (Lipinski definition) is 2. The molecule has 0 aliphatic carbocycles. The molecular formula is C20H17BCl2O2. The van der Waals surface area contributed by atoms with E-state index in [9.17, 15) is 5.02 Å². The Balaban J connectivity index is 1.61. The van der Waals surface area contributed by atoms with Crippen LogP contribution in [-0.2, 0) is 18.0 Å². The van der Waals surface area contributed by atoms with Gasteiger partial charge in [-0.2, -0.15) is 0 Å². The van der Waals surface area contributed by atoms with Crippen LogP contribution in [0.1, 0.15) is 11.1 Å². The molecule has 0 fully saturated rings. The van der Waals surface area contributed by atoms with Crippen molar-refractivity contribution >= 4 is 41.0 Å². The zero-order valence-electron chi connectivity index (χ0n) is 13.5. The van der Waals surface area contributed by atoms with Gasteiger partial charge in [-0.1, -0.05) is 77.8 Å². The van der Waals surface area contributed by atoms with E-state index in [1.54, 1.807) is 18.2 Å². The van der Waals surface area contributed by atoms with Crippen LogP contribution in [0.4, 0.5) is 0 Å². The second-order valence-electron chi connectivity index (χ2n) is 5.83. The first kappa shape index (κ1) is 18.0. The third-order valence-electron chi connectivity index (χ3n) is 3.88. The summed E-state index contributed by atoms with van der Waals surface area (Å²) in [6.45, 7) is 0.330.